The zero-order valence-corrected chi connectivity index (χ0v) is 8.83. The van der Waals surface area contributed by atoms with Gasteiger partial charge in [-0.05, 0) is 11.6 Å². The van der Waals surface area contributed by atoms with Crippen LogP contribution in [0.2, 0.25) is 0 Å². The van der Waals surface area contributed by atoms with E-state index in [0.717, 1.165) is 17.7 Å². The molecule has 0 fully saturated rings. The molecule has 1 rings (SSSR count). The van der Waals surface area contributed by atoms with Crippen molar-refractivity contribution in [2.45, 2.75) is 6.17 Å². The van der Waals surface area contributed by atoms with Gasteiger partial charge in [0.1, 0.15) is 6.21 Å². The highest BCUT2D eigenvalue weighted by molar-refractivity contribution is 7.09. The quantitative estimate of drug-likeness (QED) is 0.478. The number of nitrogens with zero attached hydrogens (tertiary/aromatic N) is 3. The van der Waals surface area contributed by atoms with Crippen LogP contribution < -0.4 is 5.73 Å². The predicted octanol–water partition coefficient (Wildman–Crippen LogP) is 0.899. The van der Waals surface area contributed by atoms with E-state index in [-0.39, 0.29) is 11.0 Å². The van der Waals surface area contributed by atoms with Gasteiger partial charge in [-0.1, -0.05) is 5.16 Å². The highest BCUT2D eigenvalue weighted by Crippen LogP contribution is 2.17. The van der Waals surface area contributed by atoms with Crippen LogP contribution in [0, 0.1) is 0 Å². The largest absolute Gasteiger partial charge is 0.392 e. The SMILES string of the molecule is Nc1nc(C(F)CON=CC(=O)Cl)ns1. The number of hydrogen-bond acceptors (Lipinski definition) is 7. The van der Waals surface area contributed by atoms with Crippen LogP contribution in [0.25, 0.3) is 0 Å². The second-order valence-corrected chi connectivity index (χ2v) is 3.45. The molecule has 9 heteroatoms. The molecule has 1 atom stereocenters. The van der Waals surface area contributed by atoms with Crippen LogP contribution >= 0.6 is 23.1 Å². The highest BCUT2D eigenvalue weighted by Gasteiger charge is 2.15. The van der Waals surface area contributed by atoms with Gasteiger partial charge in [0, 0.05) is 11.5 Å². The molecule has 82 valence electrons. The molecule has 1 aromatic heterocycles. The fourth-order valence-electron chi connectivity index (χ4n) is 0.636. The van der Waals surface area contributed by atoms with Gasteiger partial charge in [0.05, 0.1) is 0 Å². The van der Waals surface area contributed by atoms with Gasteiger partial charge in [-0.25, -0.2) is 9.37 Å². The van der Waals surface area contributed by atoms with Crippen LogP contribution in [0.3, 0.4) is 0 Å². The van der Waals surface area contributed by atoms with Gasteiger partial charge < -0.3 is 10.6 Å². The van der Waals surface area contributed by atoms with Crippen molar-refractivity contribution in [1.82, 2.24) is 9.36 Å². The lowest BCUT2D eigenvalue weighted by Crippen LogP contribution is -2.03. The lowest BCUT2D eigenvalue weighted by atomic mass is 10.4. The Labute approximate surface area is 93.0 Å². The smallest absolute Gasteiger partial charge is 0.266 e. The summed E-state index contributed by atoms with van der Waals surface area (Å²) in [6, 6.07) is 0. The molecular weight excluding hydrogens is 247 g/mol. The van der Waals surface area contributed by atoms with Crippen LogP contribution in [0.1, 0.15) is 12.0 Å². The molecule has 15 heavy (non-hydrogen) atoms. The minimum atomic E-state index is -1.54. The summed E-state index contributed by atoms with van der Waals surface area (Å²) in [5, 5.41) is 2.48. The molecule has 2 N–H and O–H groups in total. The molecule has 0 saturated carbocycles. The second-order valence-electron chi connectivity index (χ2n) is 2.29. The summed E-state index contributed by atoms with van der Waals surface area (Å²) in [5.41, 5.74) is 5.26. The number of nitrogen functional groups attached to an aromatic ring is 1. The molecule has 0 aliphatic rings. The van der Waals surface area contributed by atoms with Gasteiger partial charge >= 0.3 is 0 Å². The van der Waals surface area contributed by atoms with Crippen LogP contribution in [0.4, 0.5) is 9.52 Å². The number of oxime groups is 1. The summed E-state index contributed by atoms with van der Waals surface area (Å²) in [6.07, 6.45) is -0.821. The monoisotopic (exact) mass is 252 g/mol. The van der Waals surface area contributed by atoms with Crippen molar-refractivity contribution in [3.05, 3.63) is 5.82 Å². The Morgan fingerprint density at radius 2 is 2.60 bits per heavy atom. The minimum Gasteiger partial charge on any atom is -0.392 e. The first kappa shape index (κ1) is 11.8. The average Bonchev–Trinajstić information content (AvgIpc) is 2.59. The molecule has 0 amide bonds. The second kappa shape index (κ2) is 5.56. The van der Waals surface area contributed by atoms with Crippen LogP contribution in [-0.4, -0.2) is 27.4 Å². The standard InChI is InChI=1S/C6H6ClFN4O2S/c7-4(13)1-10-14-2-3(8)5-11-6(9)15-12-5/h1,3H,2H2,(H2,9,11,12). The number of anilines is 1. The van der Waals surface area contributed by atoms with Crippen LogP contribution in [0.15, 0.2) is 5.16 Å². The average molecular weight is 253 g/mol. The van der Waals surface area contributed by atoms with Gasteiger partial charge in [-0.3, -0.25) is 4.79 Å². The Kier molecular flexibility index (Phi) is 4.37. The van der Waals surface area contributed by atoms with E-state index in [9.17, 15) is 9.18 Å². The van der Waals surface area contributed by atoms with Crippen LogP contribution in [0.5, 0.6) is 0 Å². The Bertz CT molecular complexity index is 372. The molecule has 0 bridgehead atoms. The molecule has 0 aliphatic heterocycles. The number of alkyl halides is 1. The fraction of sp³-hybridized carbons (Fsp3) is 0.333. The molecular formula is C6H6ClFN4O2S. The zero-order valence-electron chi connectivity index (χ0n) is 7.26. The number of rotatable bonds is 5. The van der Waals surface area contributed by atoms with Gasteiger partial charge in [0.25, 0.3) is 5.24 Å². The van der Waals surface area contributed by atoms with E-state index in [1.807, 2.05) is 0 Å². The topological polar surface area (TPSA) is 90.5 Å². The Morgan fingerprint density at radius 3 is 3.13 bits per heavy atom. The normalized spacial score (nSPS) is 12.9. The maximum absolute atomic E-state index is 13.2. The van der Waals surface area contributed by atoms with Crippen molar-refractivity contribution in [3.8, 4) is 0 Å². The minimum absolute atomic E-state index is 0.0649. The van der Waals surface area contributed by atoms with Crippen molar-refractivity contribution in [2.75, 3.05) is 12.3 Å². The van der Waals surface area contributed by atoms with Gasteiger partial charge in [-0.2, -0.15) is 4.37 Å². The summed E-state index contributed by atoms with van der Waals surface area (Å²) in [4.78, 5) is 18.2. The number of nitrogens with two attached hydrogens (primary N) is 1. The van der Waals surface area contributed by atoms with Gasteiger partial charge in [-0.15, -0.1) is 0 Å². The molecule has 1 unspecified atom stereocenters. The molecule has 0 saturated heterocycles. The number of halogens is 2. The first-order valence-electron chi connectivity index (χ1n) is 3.67. The first-order valence-corrected chi connectivity index (χ1v) is 4.82. The molecule has 0 spiro atoms. The molecule has 1 heterocycles. The number of hydrogen-bond donors (Lipinski definition) is 1. The third-order valence-corrected chi connectivity index (χ3v) is 1.84. The summed E-state index contributed by atoms with van der Waals surface area (Å²) < 4.78 is 16.8. The van der Waals surface area contributed by atoms with E-state index in [0.29, 0.717) is 0 Å². The first-order chi connectivity index (χ1) is 7.09. The molecule has 1 aromatic rings. The number of carbonyl (C=O) groups is 1. The number of carbonyl (C=O) groups excluding carboxylic acids is 1. The summed E-state index contributed by atoms with van der Waals surface area (Å²) in [5.74, 6) is -0.0649. The van der Waals surface area contributed by atoms with E-state index in [2.05, 4.69) is 19.4 Å². The molecule has 0 aliphatic carbocycles. The van der Waals surface area contributed by atoms with E-state index in [1.54, 1.807) is 0 Å². The van der Waals surface area contributed by atoms with Crippen molar-refractivity contribution in [2.24, 2.45) is 5.16 Å². The predicted molar refractivity (Wildman–Crippen MR) is 53.5 cm³/mol. The van der Waals surface area contributed by atoms with Crippen molar-refractivity contribution in [3.63, 3.8) is 0 Å². The van der Waals surface area contributed by atoms with Crippen LogP contribution in [-0.2, 0) is 9.63 Å². The third kappa shape index (κ3) is 4.17. The van der Waals surface area contributed by atoms with E-state index in [1.165, 1.54) is 0 Å². The Balaban J connectivity index is 2.36. The molecule has 0 radical (unpaired) electrons. The van der Waals surface area contributed by atoms with E-state index in [4.69, 9.17) is 17.3 Å². The van der Waals surface area contributed by atoms with Gasteiger partial charge in [0.2, 0.25) is 0 Å². The lowest BCUT2D eigenvalue weighted by Gasteiger charge is -2.00. The highest BCUT2D eigenvalue weighted by atomic mass is 35.5. The Hall–Kier alpha value is -1.28. The number of aromatic nitrogens is 2. The maximum Gasteiger partial charge on any atom is 0.266 e. The van der Waals surface area contributed by atoms with Gasteiger partial charge in [0.15, 0.2) is 23.7 Å². The third-order valence-electron chi connectivity index (χ3n) is 1.19. The summed E-state index contributed by atoms with van der Waals surface area (Å²) in [6.45, 7) is -0.406. The van der Waals surface area contributed by atoms with Crippen molar-refractivity contribution >= 4 is 39.7 Å². The van der Waals surface area contributed by atoms with Crippen molar-refractivity contribution < 1.29 is 14.0 Å². The summed E-state index contributed by atoms with van der Waals surface area (Å²) in [7, 11) is 0. The van der Waals surface area contributed by atoms with Crippen molar-refractivity contribution in [1.29, 1.82) is 0 Å². The summed E-state index contributed by atoms with van der Waals surface area (Å²) >= 11 is 5.80. The maximum atomic E-state index is 13.2. The molecule has 6 nitrogen and oxygen atoms in total. The lowest BCUT2D eigenvalue weighted by molar-refractivity contribution is -0.106. The zero-order chi connectivity index (χ0) is 11.3. The fourth-order valence-corrected chi connectivity index (χ4v) is 1.15. The Morgan fingerprint density at radius 1 is 1.87 bits per heavy atom. The van der Waals surface area contributed by atoms with E-state index < -0.39 is 18.0 Å². The molecule has 0 aromatic carbocycles. The van der Waals surface area contributed by atoms with E-state index >= 15 is 0 Å².